The Balaban J connectivity index is 1.65. The molecule has 0 spiro atoms. The lowest BCUT2D eigenvalue weighted by molar-refractivity contribution is -0.148. The van der Waals surface area contributed by atoms with E-state index in [0.29, 0.717) is 43.4 Å². The van der Waals surface area contributed by atoms with Gasteiger partial charge in [0.25, 0.3) is 0 Å². The van der Waals surface area contributed by atoms with Gasteiger partial charge in [-0.1, -0.05) is 41.9 Å². The first-order chi connectivity index (χ1) is 14.0. The largest absolute Gasteiger partial charge is 0.496 e. The summed E-state index contributed by atoms with van der Waals surface area (Å²) in [7, 11) is 2.99. The van der Waals surface area contributed by atoms with Gasteiger partial charge >= 0.3 is 5.97 Å². The molecule has 1 aliphatic rings. The van der Waals surface area contributed by atoms with Crippen LogP contribution in [0.4, 0.5) is 0 Å². The predicted molar refractivity (Wildman–Crippen MR) is 111 cm³/mol. The van der Waals surface area contributed by atoms with Gasteiger partial charge in [-0.05, 0) is 23.8 Å². The van der Waals surface area contributed by atoms with Crippen LogP contribution in [0.25, 0.3) is 0 Å². The van der Waals surface area contributed by atoms with Gasteiger partial charge in [0, 0.05) is 36.8 Å². The number of para-hydroxylation sites is 1. The van der Waals surface area contributed by atoms with Crippen LogP contribution in [0.15, 0.2) is 48.5 Å². The molecule has 1 aliphatic heterocycles. The monoisotopic (exact) mass is 416 g/mol. The number of hydrogen-bond acceptors (Lipinski definition) is 5. The van der Waals surface area contributed by atoms with Crippen molar-refractivity contribution in [2.45, 2.75) is 12.5 Å². The Morgan fingerprint density at radius 1 is 1.00 bits per heavy atom. The highest BCUT2D eigenvalue weighted by Crippen LogP contribution is 2.26. The molecule has 0 saturated carbocycles. The maximum Gasteiger partial charge on any atom is 0.327 e. The van der Waals surface area contributed by atoms with Crippen LogP contribution in [0, 0.1) is 0 Å². The Kier molecular flexibility index (Phi) is 7.12. The van der Waals surface area contributed by atoms with E-state index in [1.807, 2.05) is 46.2 Å². The van der Waals surface area contributed by atoms with E-state index < -0.39 is 6.04 Å². The van der Waals surface area contributed by atoms with E-state index in [4.69, 9.17) is 21.1 Å². The molecule has 3 rings (SSSR count). The van der Waals surface area contributed by atoms with Crippen molar-refractivity contribution < 1.29 is 19.1 Å². The number of ether oxygens (including phenoxy) is 2. The number of piperazine rings is 1. The molecule has 0 aliphatic carbocycles. The molecule has 1 amide bonds. The van der Waals surface area contributed by atoms with Gasteiger partial charge in [-0.15, -0.1) is 0 Å². The standard InChI is InChI=1S/C22H25ClN2O4/c1-28-19-6-4-3-5-17(19)15-20(26)24-11-13-25(14-12-24)21(22(27)29-2)16-7-9-18(23)10-8-16/h3-10,21H,11-15H2,1-2H3. The second kappa shape index (κ2) is 9.76. The zero-order chi connectivity index (χ0) is 20.8. The second-order valence-corrected chi connectivity index (χ2v) is 7.32. The maximum atomic E-state index is 12.8. The molecule has 0 aromatic heterocycles. The minimum absolute atomic E-state index is 0.0512. The highest BCUT2D eigenvalue weighted by Gasteiger charge is 2.32. The lowest BCUT2D eigenvalue weighted by Gasteiger charge is -2.38. The van der Waals surface area contributed by atoms with E-state index in [2.05, 4.69) is 0 Å². The van der Waals surface area contributed by atoms with Crippen LogP contribution in [-0.4, -0.2) is 62.1 Å². The van der Waals surface area contributed by atoms with E-state index in [1.54, 1.807) is 19.2 Å². The molecule has 2 aromatic rings. The SMILES string of the molecule is COC(=O)C(c1ccc(Cl)cc1)N1CCN(C(=O)Cc2ccccc2OC)CC1. The van der Waals surface area contributed by atoms with E-state index in [-0.39, 0.29) is 11.9 Å². The van der Waals surface area contributed by atoms with E-state index in [9.17, 15) is 9.59 Å². The van der Waals surface area contributed by atoms with Crippen molar-refractivity contribution in [1.82, 2.24) is 9.80 Å². The average Bonchev–Trinajstić information content (AvgIpc) is 2.76. The van der Waals surface area contributed by atoms with Gasteiger partial charge in [-0.3, -0.25) is 9.69 Å². The molecule has 29 heavy (non-hydrogen) atoms. The fourth-order valence-corrected chi connectivity index (χ4v) is 3.73. The van der Waals surface area contributed by atoms with E-state index in [1.165, 1.54) is 7.11 Å². The Bertz CT molecular complexity index is 848. The Morgan fingerprint density at radius 2 is 1.66 bits per heavy atom. The number of hydrogen-bond donors (Lipinski definition) is 0. The van der Waals surface area contributed by atoms with Gasteiger partial charge in [0.15, 0.2) is 0 Å². The first-order valence-electron chi connectivity index (χ1n) is 9.50. The molecule has 1 saturated heterocycles. The number of benzene rings is 2. The van der Waals surface area contributed by atoms with E-state index >= 15 is 0 Å². The third kappa shape index (κ3) is 5.08. The van der Waals surface area contributed by atoms with Crippen LogP contribution >= 0.6 is 11.6 Å². The third-order valence-corrected chi connectivity index (χ3v) is 5.43. The molecule has 0 radical (unpaired) electrons. The number of esters is 1. The minimum atomic E-state index is -0.510. The molecule has 1 atom stereocenters. The fourth-order valence-electron chi connectivity index (χ4n) is 3.61. The number of nitrogens with zero attached hydrogens (tertiary/aromatic N) is 2. The van der Waals surface area contributed by atoms with Crippen molar-refractivity contribution in [3.63, 3.8) is 0 Å². The van der Waals surface area contributed by atoms with Crippen LogP contribution in [0.1, 0.15) is 17.2 Å². The van der Waals surface area contributed by atoms with Gasteiger partial charge < -0.3 is 14.4 Å². The summed E-state index contributed by atoms with van der Waals surface area (Å²) in [5, 5.41) is 0.615. The molecule has 1 heterocycles. The molecule has 6 nitrogen and oxygen atoms in total. The summed E-state index contributed by atoms with van der Waals surface area (Å²) in [4.78, 5) is 29.1. The maximum absolute atomic E-state index is 12.8. The Morgan fingerprint density at radius 3 is 2.28 bits per heavy atom. The van der Waals surface area contributed by atoms with Crippen molar-refractivity contribution in [2.24, 2.45) is 0 Å². The third-order valence-electron chi connectivity index (χ3n) is 5.18. The summed E-state index contributed by atoms with van der Waals surface area (Å²) >= 11 is 5.97. The molecule has 7 heteroatoms. The lowest BCUT2D eigenvalue weighted by atomic mass is 10.0. The summed E-state index contributed by atoms with van der Waals surface area (Å²) in [5.74, 6) is 0.448. The second-order valence-electron chi connectivity index (χ2n) is 6.88. The van der Waals surface area contributed by atoms with Gasteiger partial charge in [-0.2, -0.15) is 0 Å². The van der Waals surface area contributed by atoms with Gasteiger partial charge in [-0.25, -0.2) is 4.79 Å². The number of rotatable bonds is 6. The molecular formula is C22H25ClN2O4. The van der Waals surface area contributed by atoms with Crippen LogP contribution in [0.5, 0.6) is 5.75 Å². The highest BCUT2D eigenvalue weighted by atomic mass is 35.5. The summed E-state index contributed by atoms with van der Waals surface area (Å²) in [6, 6.07) is 14.2. The lowest BCUT2D eigenvalue weighted by Crippen LogP contribution is -2.51. The number of methoxy groups -OCH3 is 2. The summed E-state index contributed by atoms with van der Waals surface area (Å²) < 4.78 is 10.4. The minimum Gasteiger partial charge on any atom is -0.496 e. The zero-order valence-electron chi connectivity index (χ0n) is 16.6. The van der Waals surface area contributed by atoms with Crippen molar-refractivity contribution in [3.05, 3.63) is 64.7 Å². The normalized spacial score (nSPS) is 15.6. The van der Waals surface area contributed by atoms with Crippen molar-refractivity contribution in [1.29, 1.82) is 0 Å². The van der Waals surface area contributed by atoms with Gasteiger partial charge in [0.1, 0.15) is 11.8 Å². The van der Waals surface area contributed by atoms with Crippen molar-refractivity contribution >= 4 is 23.5 Å². The highest BCUT2D eigenvalue weighted by molar-refractivity contribution is 6.30. The molecule has 154 valence electrons. The number of halogens is 1. The summed E-state index contributed by atoms with van der Waals surface area (Å²) in [5.41, 5.74) is 1.70. The van der Waals surface area contributed by atoms with Crippen molar-refractivity contribution in [3.8, 4) is 5.75 Å². The smallest absolute Gasteiger partial charge is 0.327 e. The average molecular weight is 417 g/mol. The molecule has 1 fully saturated rings. The molecule has 1 unspecified atom stereocenters. The van der Waals surface area contributed by atoms with E-state index in [0.717, 1.165) is 11.1 Å². The molecular weight excluding hydrogens is 392 g/mol. The van der Waals surface area contributed by atoms with Crippen LogP contribution in [-0.2, 0) is 20.7 Å². The fraction of sp³-hybridized carbons (Fsp3) is 0.364. The summed E-state index contributed by atoms with van der Waals surface area (Å²) in [6.07, 6.45) is 0.293. The zero-order valence-corrected chi connectivity index (χ0v) is 17.4. The number of carbonyl (C=O) groups is 2. The summed E-state index contributed by atoms with van der Waals surface area (Å²) in [6.45, 7) is 2.27. The first kappa shape index (κ1) is 21.1. The van der Waals surface area contributed by atoms with Crippen LogP contribution < -0.4 is 4.74 Å². The molecule has 0 bridgehead atoms. The van der Waals surface area contributed by atoms with Crippen LogP contribution in [0.3, 0.4) is 0 Å². The molecule has 2 aromatic carbocycles. The topological polar surface area (TPSA) is 59.1 Å². The Labute approximate surface area is 176 Å². The molecule has 0 N–H and O–H groups in total. The number of amides is 1. The number of carbonyl (C=O) groups excluding carboxylic acids is 2. The quantitative estimate of drug-likeness (QED) is 0.677. The first-order valence-corrected chi connectivity index (χ1v) is 9.88. The van der Waals surface area contributed by atoms with Gasteiger partial charge in [0.05, 0.1) is 20.6 Å². The van der Waals surface area contributed by atoms with Gasteiger partial charge in [0.2, 0.25) is 5.91 Å². The van der Waals surface area contributed by atoms with Crippen LogP contribution in [0.2, 0.25) is 5.02 Å². The Hall–Kier alpha value is -2.57. The van der Waals surface area contributed by atoms with Crippen molar-refractivity contribution in [2.75, 3.05) is 40.4 Å². The predicted octanol–water partition coefficient (Wildman–Crippen LogP) is 2.95.